The molecule has 1 aliphatic rings. The molecule has 0 aliphatic carbocycles. The predicted octanol–water partition coefficient (Wildman–Crippen LogP) is 2.55. The van der Waals surface area contributed by atoms with Crippen LogP contribution >= 0.6 is 23.1 Å². The highest BCUT2D eigenvalue weighted by molar-refractivity contribution is 7.99. The second-order valence-corrected chi connectivity index (χ2v) is 5.47. The lowest BCUT2D eigenvalue weighted by atomic mass is 10.2. The average Bonchev–Trinajstić information content (AvgIpc) is 2.81. The van der Waals surface area contributed by atoms with E-state index in [-0.39, 0.29) is 11.9 Å². The number of thioether (sulfide) groups is 1. The number of hydrogen-bond acceptors (Lipinski definition) is 3. The Kier molecular flexibility index (Phi) is 3.49. The minimum absolute atomic E-state index is 0.0497. The molecule has 1 atom stereocenters. The molecule has 0 spiro atoms. The summed E-state index contributed by atoms with van der Waals surface area (Å²) < 4.78 is 0. The summed E-state index contributed by atoms with van der Waals surface area (Å²) in [7, 11) is 0. The van der Waals surface area contributed by atoms with E-state index in [1.165, 1.54) is 11.0 Å². The van der Waals surface area contributed by atoms with E-state index in [1.807, 2.05) is 22.7 Å². The molecule has 1 unspecified atom stereocenters. The van der Waals surface area contributed by atoms with Crippen molar-refractivity contribution < 1.29 is 4.79 Å². The molecule has 0 aromatic carbocycles. The summed E-state index contributed by atoms with van der Waals surface area (Å²) in [6.45, 7) is 4.39. The van der Waals surface area contributed by atoms with Crippen molar-refractivity contribution in [2.45, 2.75) is 6.04 Å². The fraction of sp³-hybridized carbons (Fsp3) is 0.364. The minimum atomic E-state index is 0.0497. The average molecular weight is 239 g/mol. The first-order chi connectivity index (χ1) is 7.33. The first-order valence-electron chi connectivity index (χ1n) is 4.87. The minimum Gasteiger partial charge on any atom is -0.330 e. The van der Waals surface area contributed by atoms with Gasteiger partial charge in [0.1, 0.15) is 0 Å². The standard InChI is InChI=1S/C11H13NOS2/c1-2-11(13)12-5-7-14-8-9(12)10-4-3-6-15-10/h2-4,6,9H,1,5,7-8H2. The molecule has 0 bridgehead atoms. The van der Waals surface area contributed by atoms with Gasteiger partial charge in [0.25, 0.3) is 0 Å². The lowest BCUT2D eigenvalue weighted by Gasteiger charge is -2.34. The highest BCUT2D eigenvalue weighted by Gasteiger charge is 2.27. The predicted molar refractivity (Wildman–Crippen MR) is 66.3 cm³/mol. The summed E-state index contributed by atoms with van der Waals surface area (Å²) in [5.74, 6) is 2.08. The van der Waals surface area contributed by atoms with Crippen molar-refractivity contribution in [2.75, 3.05) is 18.1 Å². The van der Waals surface area contributed by atoms with Gasteiger partial charge in [-0.3, -0.25) is 4.79 Å². The van der Waals surface area contributed by atoms with Crippen molar-refractivity contribution >= 4 is 29.0 Å². The van der Waals surface area contributed by atoms with Crippen molar-refractivity contribution in [3.05, 3.63) is 35.0 Å². The van der Waals surface area contributed by atoms with Crippen LogP contribution in [0.15, 0.2) is 30.2 Å². The van der Waals surface area contributed by atoms with Crippen molar-refractivity contribution in [1.82, 2.24) is 4.90 Å². The third-order valence-electron chi connectivity index (χ3n) is 2.46. The van der Waals surface area contributed by atoms with E-state index < -0.39 is 0 Å². The monoisotopic (exact) mass is 239 g/mol. The van der Waals surface area contributed by atoms with E-state index in [2.05, 4.69) is 18.0 Å². The Morgan fingerprint density at radius 2 is 2.53 bits per heavy atom. The molecule has 2 nitrogen and oxygen atoms in total. The molecule has 80 valence electrons. The number of carbonyl (C=O) groups is 1. The topological polar surface area (TPSA) is 20.3 Å². The largest absolute Gasteiger partial charge is 0.330 e. The van der Waals surface area contributed by atoms with Gasteiger partial charge in [0.05, 0.1) is 6.04 Å². The Morgan fingerprint density at radius 1 is 1.67 bits per heavy atom. The molecule has 2 rings (SSSR count). The van der Waals surface area contributed by atoms with Gasteiger partial charge in [-0.05, 0) is 17.5 Å². The fourth-order valence-electron chi connectivity index (χ4n) is 1.70. The number of carbonyl (C=O) groups excluding carboxylic acids is 1. The van der Waals surface area contributed by atoms with Crippen LogP contribution in [0.1, 0.15) is 10.9 Å². The van der Waals surface area contributed by atoms with Crippen molar-refractivity contribution in [3.63, 3.8) is 0 Å². The number of amides is 1. The van der Waals surface area contributed by atoms with Crippen LogP contribution in [0.5, 0.6) is 0 Å². The number of rotatable bonds is 2. The number of hydrogen-bond donors (Lipinski definition) is 0. The second kappa shape index (κ2) is 4.86. The van der Waals surface area contributed by atoms with Gasteiger partial charge < -0.3 is 4.90 Å². The van der Waals surface area contributed by atoms with Crippen LogP contribution in [0, 0.1) is 0 Å². The van der Waals surface area contributed by atoms with Crippen molar-refractivity contribution in [2.24, 2.45) is 0 Å². The Hall–Kier alpha value is -0.740. The highest BCUT2D eigenvalue weighted by Crippen LogP contribution is 2.32. The van der Waals surface area contributed by atoms with E-state index in [9.17, 15) is 4.79 Å². The van der Waals surface area contributed by atoms with Crippen molar-refractivity contribution in [3.8, 4) is 0 Å². The van der Waals surface area contributed by atoms with Gasteiger partial charge in [-0.1, -0.05) is 12.6 Å². The van der Waals surface area contributed by atoms with Crippen LogP contribution in [0.4, 0.5) is 0 Å². The van der Waals surface area contributed by atoms with E-state index >= 15 is 0 Å². The van der Waals surface area contributed by atoms with Crippen LogP contribution in [-0.2, 0) is 4.79 Å². The summed E-state index contributed by atoms with van der Waals surface area (Å²) in [4.78, 5) is 14.9. The van der Waals surface area contributed by atoms with Gasteiger partial charge in [-0.2, -0.15) is 11.8 Å². The van der Waals surface area contributed by atoms with Crippen molar-refractivity contribution in [1.29, 1.82) is 0 Å². The Morgan fingerprint density at radius 3 is 3.20 bits per heavy atom. The maximum Gasteiger partial charge on any atom is 0.246 e. The molecule has 0 N–H and O–H groups in total. The lowest BCUT2D eigenvalue weighted by molar-refractivity contribution is -0.127. The SMILES string of the molecule is C=CC(=O)N1CCSCC1c1cccs1. The Labute approximate surface area is 98.0 Å². The van der Waals surface area contributed by atoms with Gasteiger partial charge in [-0.25, -0.2) is 0 Å². The number of thiophene rings is 1. The molecule has 1 aromatic heterocycles. The molecule has 1 saturated heterocycles. The molecule has 2 heterocycles. The second-order valence-electron chi connectivity index (χ2n) is 3.34. The summed E-state index contributed by atoms with van der Waals surface area (Å²) in [6.07, 6.45) is 1.41. The first-order valence-corrected chi connectivity index (χ1v) is 6.90. The summed E-state index contributed by atoms with van der Waals surface area (Å²) in [5, 5.41) is 2.06. The third-order valence-corrected chi connectivity index (χ3v) is 4.45. The molecule has 4 heteroatoms. The van der Waals surface area contributed by atoms with Gasteiger partial charge >= 0.3 is 0 Å². The zero-order valence-electron chi connectivity index (χ0n) is 8.39. The quantitative estimate of drug-likeness (QED) is 0.739. The van der Waals surface area contributed by atoms with Crippen LogP contribution in [0.2, 0.25) is 0 Å². The third kappa shape index (κ3) is 2.26. The summed E-state index contributed by atoms with van der Waals surface area (Å²) in [6, 6.07) is 4.38. The van der Waals surface area contributed by atoms with Crippen LogP contribution in [0.25, 0.3) is 0 Å². The van der Waals surface area contributed by atoms with E-state index in [1.54, 1.807) is 11.3 Å². The summed E-state index contributed by atoms with van der Waals surface area (Å²) >= 11 is 3.63. The Bertz CT molecular complexity index is 347. The molecule has 0 saturated carbocycles. The maximum atomic E-state index is 11.7. The fourth-order valence-corrected chi connectivity index (χ4v) is 3.72. The van der Waals surface area contributed by atoms with Gasteiger partial charge in [0, 0.05) is 22.9 Å². The number of nitrogens with zero attached hydrogens (tertiary/aromatic N) is 1. The molecular formula is C11H13NOS2. The first kappa shape index (κ1) is 10.8. The van der Waals surface area contributed by atoms with Crippen LogP contribution < -0.4 is 0 Å². The van der Waals surface area contributed by atoms with Crippen LogP contribution in [0.3, 0.4) is 0 Å². The van der Waals surface area contributed by atoms with Crippen LogP contribution in [-0.4, -0.2) is 28.9 Å². The smallest absolute Gasteiger partial charge is 0.246 e. The molecule has 15 heavy (non-hydrogen) atoms. The lowest BCUT2D eigenvalue weighted by Crippen LogP contribution is -2.39. The molecular weight excluding hydrogens is 226 g/mol. The van der Waals surface area contributed by atoms with E-state index in [0.717, 1.165) is 18.1 Å². The van der Waals surface area contributed by atoms with Gasteiger partial charge in [0.15, 0.2) is 0 Å². The maximum absolute atomic E-state index is 11.7. The molecule has 1 fully saturated rings. The normalized spacial score (nSPS) is 21.3. The zero-order valence-corrected chi connectivity index (χ0v) is 10.0. The van der Waals surface area contributed by atoms with Gasteiger partial charge in [-0.15, -0.1) is 11.3 Å². The molecule has 0 radical (unpaired) electrons. The van der Waals surface area contributed by atoms with E-state index in [4.69, 9.17) is 0 Å². The molecule has 1 aliphatic heterocycles. The zero-order chi connectivity index (χ0) is 10.7. The van der Waals surface area contributed by atoms with Gasteiger partial charge in [0.2, 0.25) is 5.91 Å². The molecule has 1 aromatic rings. The highest BCUT2D eigenvalue weighted by atomic mass is 32.2. The van der Waals surface area contributed by atoms with E-state index in [0.29, 0.717) is 0 Å². The summed E-state index contributed by atoms with van der Waals surface area (Å²) in [5.41, 5.74) is 0. The Balaban J connectivity index is 2.20. The molecule has 1 amide bonds.